The first kappa shape index (κ1) is 13.7. The van der Waals surface area contributed by atoms with Crippen LogP contribution in [0.15, 0.2) is 53.5 Å². The number of hydrogen-bond donors (Lipinski definition) is 1. The lowest BCUT2D eigenvalue weighted by Gasteiger charge is -2.04. The summed E-state index contributed by atoms with van der Waals surface area (Å²) in [5.41, 5.74) is 1.78. The van der Waals surface area contributed by atoms with E-state index in [1.54, 1.807) is 19.2 Å². The van der Waals surface area contributed by atoms with Crippen LogP contribution in [-0.4, -0.2) is 28.2 Å². The van der Waals surface area contributed by atoms with Crippen LogP contribution in [0, 0.1) is 0 Å². The molecular weight excluding hydrogens is 284 g/mol. The van der Waals surface area contributed by atoms with E-state index in [4.69, 9.17) is 9.15 Å². The van der Waals surface area contributed by atoms with Gasteiger partial charge in [0, 0.05) is 6.99 Å². The van der Waals surface area contributed by atoms with Crippen LogP contribution in [0.3, 0.4) is 0 Å². The summed E-state index contributed by atoms with van der Waals surface area (Å²) >= 11 is 0. The van der Waals surface area contributed by atoms with Gasteiger partial charge in [-0.25, -0.2) is 4.98 Å². The molecule has 1 amide bonds. The molecule has 7 heteroatoms. The van der Waals surface area contributed by atoms with E-state index in [0.717, 1.165) is 11.3 Å². The Bertz CT molecular complexity index is 758. The number of rotatable bonds is 4. The molecule has 0 unspecified atom stereocenters. The maximum absolute atomic E-state index is 11.8. The Morgan fingerprint density at radius 2 is 2.00 bits per heavy atom. The summed E-state index contributed by atoms with van der Waals surface area (Å²) in [7, 11) is 1.61. The molecule has 0 atom stereocenters. The third-order valence-electron chi connectivity index (χ3n) is 2.96. The number of hydrogen-bond acceptors (Lipinski definition) is 6. The molecule has 0 saturated heterocycles. The molecule has 0 radical (unpaired) electrons. The first-order valence-electron chi connectivity index (χ1n) is 6.44. The topological polar surface area (TPSA) is 90.1 Å². The average molecular weight is 298 g/mol. The summed E-state index contributed by atoms with van der Waals surface area (Å²) in [5, 5.41) is 10.7. The number of nitrogens with one attached hydrogen (secondary N) is 1. The van der Waals surface area contributed by atoms with Crippen LogP contribution < -0.4 is 10.1 Å². The van der Waals surface area contributed by atoms with Crippen molar-refractivity contribution >= 4 is 11.7 Å². The Morgan fingerprint density at radius 1 is 1.18 bits per heavy atom. The van der Waals surface area contributed by atoms with Crippen LogP contribution in [0.4, 0.5) is 5.82 Å². The molecule has 1 aromatic carbocycles. The third kappa shape index (κ3) is 2.93. The number of oxazole rings is 1. The molecule has 0 fully saturated rings. The lowest BCUT2D eigenvalue weighted by atomic mass is 10.1. The van der Waals surface area contributed by atoms with Gasteiger partial charge in [-0.15, -0.1) is 10.2 Å². The predicted molar refractivity (Wildman–Crippen MR) is 80.6 cm³/mol. The van der Waals surface area contributed by atoms with Gasteiger partial charge in [0.1, 0.15) is 12.0 Å². The van der Waals surface area contributed by atoms with Gasteiger partial charge in [0.05, 0.1) is 12.8 Å². The second kappa shape index (κ2) is 6.04. The van der Waals surface area contributed by atoms with Crippen molar-refractivity contribution in [2.75, 3.05) is 12.4 Å². The number of nitrogens with zero attached hydrogens (tertiary/aromatic N) is 3. The number of benzene rings is 1. The van der Waals surface area contributed by atoms with Crippen LogP contribution in [0.2, 0.25) is 0 Å². The lowest BCUT2D eigenvalue weighted by molar-refractivity contribution is 0.102. The average Bonchev–Trinajstić information content (AvgIpc) is 3.10. The highest BCUT2D eigenvalue weighted by Crippen LogP contribution is 2.20. The van der Waals surface area contributed by atoms with E-state index < -0.39 is 5.91 Å². The zero-order valence-electron chi connectivity index (χ0n) is 11.7. The van der Waals surface area contributed by atoms with Gasteiger partial charge in [-0.05, 0) is 36.4 Å². The summed E-state index contributed by atoms with van der Waals surface area (Å²) < 4.78 is 9.86. The Hall–Kier alpha value is -3.22. The van der Waals surface area contributed by atoms with Crippen molar-refractivity contribution in [2.24, 2.45) is 0 Å². The molecule has 0 aliphatic carbocycles. The minimum absolute atomic E-state index is 0. The minimum atomic E-state index is -0.403. The zero-order valence-corrected chi connectivity index (χ0v) is 11.7. The molecule has 7 nitrogen and oxygen atoms in total. The molecule has 1 N–H and O–H groups in total. The minimum Gasteiger partial charge on any atom is -0.497 e. The van der Waals surface area contributed by atoms with Crippen molar-refractivity contribution in [3.05, 3.63) is 54.7 Å². The SMILES string of the molecule is COc1ccc(-c2ccc(NC(=O)c3cocn3)nn2)cc1.[HH]. The van der Waals surface area contributed by atoms with E-state index in [-0.39, 0.29) is 7.12 Å². The molecular formula is C15H14N4O3. The first-order chi connectivity index (χ1) is 10.8. The van der Waals surface area contributed by atoms with Crippen LogP contribution in [0.5, 0.6) is 5.75 Å². The van der Waals surface area contributed by atoms with Gasteiger partial charge in [-0.3, -0.25) is 4.79 Å². The van der Waals surface area contributed by atoms with E-state index >= 15 is 0 Å². The van der Waals surface area contributed by atoms with Crippen LogP contribution >= 0.6 is 0 Å². The monoisotopic (exact) mass is 298 g/mol. The van der Waals surface area contributed by atoms with E-state index in [1.807, 2.05) is 24.3 Å². The van der Waals surface area contributed by atoms with Gasteiger partial charge in [0.2, 0.25) is 0 Å². The zero-order chi connectivity index (χ0) is 15.4. The molecule has 0 aliphatic heterocycles. The Morgan fingerprint density at radius 3 is 2.59 bits per heavy atom. The molecule has 0 bridgehead atoms. The Kier molecular flexibility index (Phi) is 3.78. The van der Waals surface area contributed by atoms with E-state index in [0.29, 0.717) is 11.5 Å². The number of amides is 1. The number of aromatic nitrogens is 3. The Balaban J connectivity index is 0.00000192. The summed E-state index contributed by atoms with van der Waals surface area (Å²) in [4.78, 5) is 15.5. The fourth-order valence-electron chi connectivity index (χ4n) is 1.82. The maximum Gasteiger partial charge on any atom is 0.278 e. The van der Waals surface area contributed by atoms with Crippen molar-refractivity contribution in [1.82, 2.24) is 15.2 Å². The fourth-order valence-corrected chi connectivity index (χ4v) is 1.82. The fraction of sp³-hybridized carbons (Fsp3) is 0.0667. The normalized spacial score (nSPS) is 10.2. The van der Waals surface area contributed by atoms with Crippen LogP contribution in [0.25, 0.3) is 11.3 Å². The summed E-state index contributed by atoms with van der Waals surface area (Å²) in [6, 6.07) is 10.9. The highest BCUT2D eigenvalue weighted by Gasteiger charge is 2.10. The summed E-state index contributed by atoms with van der Waals surface area (Å²) in [6.07, 6.45) is 2.45. The van der Waals surface area contributed by atoms with E-state index in [9.17, 15) is 4.79 Å². The molecule has 0 spiro atoms. The van der Waals surface area contributed by atoms with Gasteiger partial charge < -0.3 is 14.5 Å². The van der Waals surface area contributed by atoms with Crippen molar-refractivity contribution in [1.29, 1.82) is 0 Å². The summed E-state index contributed by atoms with van der Waals surface area (Å²) in [6.45, 7) is 0. The molecule has 0 aliphatic rings. The van der Waals surface area contributed by atoms with Crippen molar-refractivity contribution in [3.63, 3.8) is 0 Å². The van der Waals surface area contributed by atoms with Crippen LogP contribution in [0.1, 0.15) is 11.9 Å². The van der Waals surface area contributed by atoms with E-state index in [2.05, 4.69) is 20.5 Å². The molecule has 2 heterocycles. The lowest BCUT2D eigenvalue weighted by Crippen LogP contribution is -2.13. The number of ether oxygens (including phenoxy) is 1. The number of anilines is 1. The molecule has 0 saturated carbocycles. The number of methoxy groups -OCH3 is 1. The largest absolute Gasteiger partial charge is 0.497 e. The van der Waals surface area contributed by atoms with Gasteiger partial charge in [-0.1, -0.05) is 0 Å². The van der Waals surface area contributed by atoms with Gasteiger partial charge >= 0.3 is 0 Å². The van der Waals surface area contributed by atoms with E-state index in [1.165, 1.54) is 12.7 Å². The molecule has 112 valence electrons. The highest BCUT2D eigenvalue weighted by atomic mass is 16.5. The molecule has 2 aromatic heterocycles. The first-order valence-corrected chi connectivity index (χ1v) is 6.44. The molecule has 22 heavy (non-hydrogen) atoms. The molecule has 3 rings (SSSR count). The number of carbonyl (C=O) groups excluding carboxylic acids is 1. The third-order valence-corrected chi connectivity index (χ3v) is 2.96. The second-order valence-corrected chi connectivity index (χ2v) is 4.36. The van der Waals surface area contributed by atoms with Crippen molar-refractivity contribution in [2.45, 2.75) is 0 Å². The van der Waals surface area contributed by atoms with Crippen LogP contribution in [-0.2, 0) is 0 Å². The van der Waals surface area contributed by atoms with Gasteiger partial charge in [0.25, 0.3) is 5.91 Å². The van der Waals surface area contributed by atoms with Gasteiger partial charge in [-0.2, -0.15) is 0 Å². The standard InChI is InChI=1S/C15H12N4O3.H2/c1-21-11-4-2-10(3-5-11)12-6-7-14(19-18-12)17-15(20)13-8-22-9-16-13;/h2-9H,1H3,(H,17,19,20);1H. The number of carbonyl (C=O) groups is 1. The van der Waals surface area contributed by atoms with Gasteiger partial charge in [0.15, 0.2) is 17.9 Å². The Labute approximate surface area is 127 Å². The maximum atomic E-state index is 11.8. The quantitative estimate of drug-likeness (QED) is 0.796. The van der Waals surface area contributed by atoms with Crippen molar-refractivity contribution in [3.8, 4) is 17.0 Å². The van der Waals surface area contributed by atoms with Crippen molar-refractivity contribution < 1.29 is 15.4 Å². The predicted octanol–water partition coefficient (Wildman–Crippen LogP) is 2.64. The summed E-state index contributed by atoms with van der Waals surface area (Å²) in [5.74, 6) is 0.707. The second-order valence-electron chi connectivity index (χ2n) is 4.36. The smallest absolute Gasteiger partial charge is 0.278 e. The molecule has 3 aromatic rings. The highest BCUT2D eigenvalue weighted by molar-refractivity contribution is 6.01.